The van der Waals surface area contributed by atoms with Gasteiger partial charge in [-0.2, -0.15) is 0 Å². The number of carboxylic acids is 1. The molecule has 5 nitrogen and oxygen atoms in total. The first-order chi connectivity index (χ1) is 6.57. The Labute approximate surface area is 81.3 Å². The van der Waals surface area contributed by atoms with Gasteiger partial charge in [0.25, 0.3) is 0 Å². The van der Waals surface area contributed by atoms with E-state index in [2.05, 4.69) is 17.9 Å². The lowest BCUT2D eigenvalue weighted by atomic mass is 9.98. The van der Waals surface area contributed by atoms with Crippen LogP contribution in [0.15, 0.2) is 24.8 Å². The summed E-state index contributed by atoms with van der Waals surface area (Å²) in [4.78, 5) is 23.0. The van der Waals surface area contributed by atoms with E-state index in [0.29, 0.717) is 5.57 Å². The zero-order valence-corrected chi connectivity index (χ0v) is 7.60. The lowest BCUT2D eigenvalue weighted by Crippen LogP contribution is -2.57. The highest BCUT2D eigenvalue weighted by Gasteiger charge is 2.41. The molecule has 1 amide bonds. The molecule has 0 bridgehead atoms. The SMILES string of the molecule is C=CCOC(=O)N1CC(=C)C1C(=O)O. The molecule has 1 aliphatic rings. The number of carbonyl (C=O) groups excluding carboxylic acids is 1. The normalized spacial score (nSPS) is 19.9. The molecule has 1 unspecified atom stereocenters. The van der Waals surface area contributed by atoms with Gasteiger partial charge in [-0.3, -0.25) is 4.90 Å². The average molecular weight is 197 g/mol. The maximum absolute atomic E-state index is 11.2. The molecule has 14 heavy (non-hydrogen) atoms. The average Bonchev–Trinajstić information content (AvgIpc) is 2.08. The number of likely N-dealkylation sites (tertiary alicyclic amines) is 1. The van der Waals surface area contributed by atoms with Crippen molar-refractivity contribution in [3.8, 4) is 0 Å². The Hall–Kier alpha value is -1.78. The smallest absolute Gasteiger partial charge is 0.411 e. The number of hydrogen-bond donors (Lipinski definition) is 1. The Balaban J connectivity index is 2.54. The van der Waals surface area contributed by atoms with Gasteiger partial charge < -0.3 is 9.84 Å². The maximum Gasteiger partial charge on any atom is 0.411 e. The number of amides is 1. The fourth-order valence-corrected chi connectivity index (χ4v) is 1.20. The Kier molecular flexibility index (Phi) is 2.91. The number of rotatable bonds is 3. The van der Waals surface area contributed by atoms with Crippen LogP contribution in [0.2, 0.25) is 0 Å². The van der Waals surface area contributed by atoms with E-state index in [1.165, 1.54) is 6.08 Å². The highest BCUT2D eigenvalue weighted by Crippen LogP contribution is 2.23. The van der Waals surface area contributed by atoms with Crippen LogP contribution in [0.1, 0.15) is 0 Å². The third kappa shape index (κ3) is 1.76. The predicted octanol–water partition coefficient (Wildman–Crippen LogP) is 0.634. The van der Waals surface area contributed by atoms with Crippen molar-refractivity contribution in [1.29, 1.82) is 0 Å². The highest BCUT2D eigenvalue weighted by atomic mass is 16.6. The Morgan fingerprint density at radius 3 is 2.79 bits per heavy atom. The molecule has 1 atom stereocenters. The lowest BCUT2D eigenvalue weighted by molar-refractivity contribution is -0.143. The fourth-order valence-electron chi connectivity index (χ4n) is 1.20. The van der Waals surface area contributed by atoms with Crippen molar-refractivity contribution in [2.45, 2.75) is 6.04 Å². The molecule has 1 aliphatic heterocycles. The van der Waals surface area contributed by atoms with Crippen molar-refractivity contribution in [3.05, 3.63) is 24.8 Å². The molecule has 0 aromatic rings. The third-order valence-corrected chi connectivity index (χ3v) is 1.86. The van der Waals surface area contributed by atoms with Crippen LogP contribution in [0.4, 0.5) is 4.79 Å². The maximum atomic E-state index is 11.2. The summed E-state index contributed by atoms with van der Waals surface area (Å²) in [6.45, 7) is 7.22. The van der Waals surface area contributed by atoms with E-state index in [1.54, 1.807) is 0 Å². The minimum atomic E-state index is -1.09. The summed E-state index contributed by atoms with van der Waals surface area (Å²) in [5, 5.41) is 8.72. The molecular weight excluding hydrogens is 186 g/mol. The molecule has 0 aliphatic carbocycles. The summed E-state index contributed by atoms with van der Waals surface area (Å²) in [6.07, 6.45) is 0.771. The predicted molar refractivity (Wildman–Crippen MR) is 48.8 cm³/mol. The molecule has 1 fully saturated rings. The summed E-state index contributed by atoms with van der Waals surface area (Å²) >= 11 is 0. The van der Waals surface area contributed by atoms with E-state index in [9.17, 15) is 9.59 Å². The standard InChI is InChI=1S/C9H11NO4/c1-3-4-14-9(13)10-5-6(2)7(10)8(11)12/h3,7H,1-2,4-5H2,(H,11,12). The van der Waals surface area contributed by atoms with Crippen molar-refractivity contribution in [2.24, 2.45) is 0 Å². The van der Waals surface area contributed by atoms with E-state index >= 15 is 0 Å². The summed E-state index contributed by atoms with van der Waals surface area (Å²) < 4.78 is 4.69. The summed E-state index contributed by atoms with van der Waals surface area (Å²) in [5.74, 6) is -1.09. The molecule has 5 heteroatoms. The van der Waals surface area contributed by atoms with Crippen LogP contribution in [0.5, 0.6) is 0 Å². The van der Waals surface area contributed by atoms with Gasteiger partial charge in [-0.1, -0.05) is 19.2 Å². The van der Waals surface area contributed by atoms with E-state index < -0.39 is 18.1 Å². The minimum absolute atomic E-state index is 0.0775. The molecule has 0 aromatic carbocycles. The van der Waals surface area contributed by atoms with Gasteiger partial charge in [-0.05, 0) is 5.57 Å². The highest BCUT2D eigenvalue weighted by molar-refractivity contribution is 5.86. The van der Waals surface area contributed by atoms with Gasteiger partial charge in [0, 0.05) is 6.54 Å². The van der Waals surface area contributed by atoms with E-state index in [1.807, 2.05) is 0 Å². The van der Waals surface area contributed by atoms with Crippen LogP contribution in [-0.2, 0) is 9.53 Å². The molecule has 1 heterocycles. The summed E-state index contributed by atoms with van der Waals surface area (Å²) in [7, 11) is 0. The van der Waals surface area contributed by atoms with Crippen molar-refractivity contribution >= 4 is 12.1 Å². The molecule has 1 saturated heterocycles. The topological polar surface area (TPSA) is 66.8 Å². The van der Waals surface area contributed by atoms with E-state index in [-0.39, 0.29) is 13.2 Å². The molecule has 0 saturated carbocycles. The molecule has 0 aromatic heterocycles. The second-order valence-electron chi connectivity index (χ2n) is 2.89. The molecule has 76 valence electrons. The fraction of sp³-hybridized carbons (Fsp3) is 0.333. The summed E-state index contributed by atoms with van der Waals surface area (Å²) in [6, 6.07) is -0.938. The van der Waals surface area contributed by atoms with Gasteiger partial charge in [0.05, 0.1) is 0 Å². The molecule has 1 rings (SSSR count). The Bertz CT molecular complexity index is 289. The van der Waals surface area contributed by atoms with Gasteiger partial charge in [-0.15, -0.1) is 0 Å². The Morgan fingerprint density at radius 1 is 1.71 bits per heavy atom. The number of carbonyl (C=O) groups is 2. The van der Waals surface area contributed by atoms with Gasteiger partial charge in [-0.25, -0.2) is 9.59 Å². The van der Waals surface area contributed by atoms with E-state index in [4.69, 9.17) is 5.11 Å². The van der Waals surface area contributed by atoms with Gasteiger partial charge in [0.2, 0.25) is 0 Å². The van der Waals surface area contributed by atoms with Gasteiger partial charge >= 0.3 is 12.1 Å². The first-order valence-electron chi connectivity index (χ1n) is 4.02. The second-order valence-corrected chi connectivity index (χ2v) is 2.89. The second kappa shape index (κ2) is 3.95. The van der Waals surface area contributed by atoms with Crippen LogP contribution in [-0.4, -0.2) is 41.3 Å². The first-order valence-corrected chi connectivity index (χ1v) is 4.02. The number of carboxylic acid groups (broad SMARTS) is 1. The van der Waals surface area contributed by atoms with Crippen molar-refractivity contribution < 1.29 is 19.4 Å². The van der Waals surface area contributed by atoms with E-state index in [0.717, 1.165) is 4.90 Å². The first kappa shape index (κ1) is 10.3. The lowest BCUT2D eigenvalue weighted by Gasteiger charge is -2.38. The van der Waals surface area contributed by atoms with Crippen LogP contribution < -0.4 is 0 Å². The minimum Gasteiger partial charge on any atom is -0.479 e. The van der Waals surface area contributed by atoms with Crippen molar-refractivity contribution in [2.75, 3.05) is 13.2 Å². The van der Waals surface area contributed by atoms with Crippen molar-refractivity contribution in [1.82, 2.24) is 4.90 Å². The zero-order chi connectivity index (χ0) is 10.7. The summed E-state index contributed by atoms with van der Waals surface area (Å²) in [5.41, 5.74) is 0.507. The molecular formula is C9H11NO4. The largest absolute Gasteiger partial charge is 0.479 e. The van der Waals surface area contributed by atoms with Crippen LogP contribution in [0, 0.1) is 0 Å². The van der Waals surface area contributed by atoms with Crippen LogP contribution >= 0.6 is 0 Å². The Morgan fingerprint density at radius 2 is 2.36 bits per heavy atom. The number of aliphatic carboxylic acids is 1. The van der Waals surface area contributed by atoms with Crippen LogP contribution in [0.3, 0.4) is 0 Å². The van der Waals surface area contributed by atoms with Gasteiger partial charge in [0.15, 0.2) is 6.04 Å². The molecule has 0 spiro atoms. The zero-order valence-electron chi connectivity index (χ0n) is 7.60. The number of nitrogens with zero attached hydrogens (tertiary/aromatic N) is 1. The number of ether oxygens (including phenoxy) is 1. The monoisotopic (exact) mass is 197 g/mol. The quantitative estimate of drug-likeness (QED) is 0.674. The molecule has 1 N–H and O–H groups in total. The van der Waals surface area contributed by atoms with Crippen molar-refractivity contribution in [3.63, 3.8) is 0 Å². The van der Waals surface area contributed by atoms with Gasteiger partial charge in [0.1, 0.15) is 6.61 Å². The molecule has 0 radical (unpaired) electrons. The van der Waals surface area contributed by atoms with Crippen LogP contribution in [0.25, 0.3) is 0 Å². The number of hydrogen-bond acceptors (Lipinski definition) is 3. The third-order valence-electron chi connectivity index (χ3n) is 1.86.